The summed E-state index contributed by atoms with van der Waals surface area (Å²) in [5.74, 6) is 0. The van der Waals surface area contributed by atoms with E-state index in [1.807, 2.05) is 6.08 Å². The lowest BCUT2D eigenvalue weighted by atomic mass is 10.1. The highest BCUT2D eigenvalue weighted by molar-refractivity contribution is 7.89. The minimum atomic E-state index is -4.34. The average Bonchev–Trinajstić information content (AvgIpc) is 2.77. The van der Waals surface area contributed by atoms with Gasteiger partial charge in [0, 0.05) is 42.8 Å². The van der Waals surface area contributed by atoms with Gasteiger partial charge >= 0.3 is 6.18 Å². The highest BCUT2D eigenvalue weighted by Crippen LogP contribution is 2.29. The lowest BCUT2D eigenvalue weighted by Gasteiger charge is -2.09. The van der Waals surface area contributed by atoms with Crippen LogP contribution < -0.4 is 10.0 Å². The SMILES string of the molecule is O=S(=O)(NCCNCC=CC=Cc1ccc(C(F)(F)F)cc1)c1cccc2cnccc12. The number of hydrogen-bond donors (Lipinski definition) is 2. The second kappa shape index (κ2) is 10.5. The summed E-state index contributed by atoms with van der Waals surface area (Å²) >= 11 is 0. The summed E-state index contributed by atoms with van der Waals surface area (Å²) < 4.78 is 65.4. The molecular weight excluding hydrogens is 439 g/mol. The van der Waals surface area contributed by atoms with Crippen LogP contribution >= 0.6 is 0 Å². The predicted octanol–water partition coefficient (Wildman–Crippen LogP) is 4.39. The topological polar surface area (TPSA) is 71.1 Å². The van der Waals surface area contributed by atoms with Crippen LogP contribution in [0.15, 0.2) is 84.0 Å². The fraction of sp³-hybridized carbons (Fsp3) is 0.174. The number of hydrogen-bond acceptors (Lipinski definition) is 4. The maximum Gasteiger partial charge on any atom is 0.416 e. The monoisotopic (exact) mass is 461 g/mol. The molecule has 3 rings (SSSR count). The van der Waals surface area contributed by atoms with Crippen molar-refractivity contribution < 1.29 is 21.6 Å². The third kappa shape index (κ3) is 6.49. The van der Waals surface area contributed by atoms with Crippen molar-refractivity contribution in [2.75, 3.05) is 19.6 Å². The Morgan fingerprint density at radius 2 is 1.75 bits per heavy atom. The minimum absolute atomic E-state index is 0.214. The van der Waals surface area contributed by atoms with E-state index in [1.165, 1.54) is 12.1 Å². The third-order valence-electron chi connectivity index (χ3n) is 4.56. The van der Waals surface area contributed by atoms with E-state index < -0.39 is 21.8 Å². The standard InChI is InChI=1S/C23H22F3N3O2S/c24-23(25,26)20-10-8-18(9-11-20)5-2-1-3-13-27-15-16-29-32(30,31)22-7-4-6-19-17-28-14-12-21(19)22/h1-12,14,17,27,29H,13,15-16H2. The number of pyridine rings is 1. The van der Waals surface area contributed by atoms with Crippen molar-refractivity contribution in [3.05, 3.63) is 90.3 Å². The van der Waals surface area contributed by atoms with Crippen LogP contribution in [-0.2, 0) is 16.2 Å². The number of rotatable bonds is 9. The van der Waals surface area contributed by atoms with Gasteiger partial charge in [-0.1, -0.05) is 48.6 Å². The molecule has 9 heteroatoms. The van der Waals surface area contributed by atoms with Crippen molar-refractivity contribution >= 4 is 26.9 Å². The van der Waals surface area contributed by atoms with Crippen LogP contribution in [0, 0.1) is 0 Å². The van der Waals surface area contributed by atoms with Gasteiger partial charge in [-0.25, -0.2) is 13.1 Å². The molecule has 3 aromatic rings. The summed E-state index contributed by atoms with van der Waals surface area (Å²) in [6, 6.07) is 11.6. The highest BCUT2D eigenvalue weighted by Gasteiger charge is 2.29. The molecule has 0 aliphatic carbocycles. The summed E-state index contributed by atoms with van der Waals surface area (Å²) in [7, 11) is -3.65. The van der Waals surface area contributed by atoms with Crippen LogP contribution in [0.25, 0.3) is 16.8 Å². The Labute approximate surface area is 184 Å². The lowest BCUT2D eigenvalue weighted by Crippen LogP contribution is -2.32. The van der Waals surface area contributed by atoms with Crippen molar-refractivity contribution in [2.24, 2.45) is 0 Å². The quantitative estimate of drug-likeness (QED) is 0.366. The van der Waals surface area contributed by atoms with Crippen LogP contribution in [-0.4, -0.2) is 33.0 Å². The molecule has 0 fully saturated rings. The summed E-state index contributed by atoms with van der Waals surface area (Å²) in [5.41, 5.74) is -0.0169. The Morgan fingerprint density at radius 1 is 0.969 bits per heavy atom. The number of aromatic nitrogens is 1. The maximum absolute atomic E-state index is 12.6. The molecule has 0 radical (unpaired) electrons. The van der Waals surface area contributed by atoms with E-state index in [-0.39, 0.29) is 11.4 Å². The van der Waals surface area contributed by atoms with E-state index >= 15 is 0 Å². The number of nitrogens with one attached hydrogen (secondary N) is 2. The molecule has 2 aromatic carbocycles. The molecule has 0 saturated heterocycles. The molecule has 0 bridgehead atoms. The van der Waals surface area contributed by atoms with Crippen LogP contribution in [0.2, 0.25) is 0 Å². The fourth-order valence-electron chi connectivity index (χ4n) is 2.96. The Hall–Kier alpha value is -3.01. The number of sulfonamides is 1. The number of allylic oxidation sites excluding steroid dienone is 2. The Kier molecular flexibility index (Phi) is 7.79. The lowest BCUT2D eigenvalue weighted by molar-refractivity contribution is -0.137. The fourth-order valence-corrected chi connectivity index (χ4v) is 4.22. The van der Waals surface area contributed by atoms with Gasteiger partial charge in [0.2, 0.25) is 10.0 Å². The first-order valence-corrected chi connectivity index (χ1v) is 11.3. The zero-order valence-corrected chi connectivity index (χ0v) is 17.8. The maximum atomic E-state index is 12.6. The Bertz CT molecular complexity index is 1200. The largest absolute Gasteiger partial charge is 0.416 e. The van der Waals surface area contributed by atoms with Gasteiger partial charge in [-0.3, -0.25) is 4.98 Å². The van der Waals surface area contributed by atoms with Crippen LogP contribution in [0.4, 0.5) is 13.2 Å². The highest BCUT2D eigenvalue weighted by atomic mass is 32.2. The van der Waals surface area contributed by atoms with E-state index in [2.05, 4.69) is 15.0 Å². The van der Waals surface area contributed by atoms with Crippen molar-refractivity contribution in [2.45, 2.75) is 11.1 Å². The summed E-state index contributed by atoms with van der Waals surface area (Å²) in [6.45, 7) is 1.16. The average molecular weight is 462 g/mol. The van der Waals surface area contributed by atoms with Gasteiger partial charge in [0.25, 0.3) is 0 Å². The smallest absolute Gasteiger partial charge is 0.312 e. The van der Waals surface area contributed by atoms with Gasteiger partial charge in [-0.05, 0) is 29.8 Å². The van der Waals surface area contributed by atoms with Crippen LogP contribution in [0.1, 0.15) is 11.1 Å². The molecule has 0 aliphatic heterocycles. The second-order valence-corrected chi connectivity index (χ2v) is 8.60. The van der Waals surface area contributed by atoms with Gasteiger partial charge in [0.05, 0.1) is 10.5 Å². The molecule has 0 amide bonds. The van der Waals surface area contributed by atoms with Crippen molar-refractivity contribution in [1.82, 2.24) is 15.0 Å². The van der Waals surface area contributed by atoms with E-state index in [4.69, 9.17) is 0 Å². The first-order chi connectivity index (χ1) is 15.3. The van der Waals surface area contributed by atoms with Crippen LogP contribution in [0.3, 0.4) is 0 Å². The van der Waals surface area contributed by atoms with Gasteiger partial charge in [0.15, 0.2) is 0 Å². The molecule has 0 aliphatic rings. The molecule has 32 heavy (non-hydrogen) atoms. The zero-order chi connectivity index (χ0) is 23.0. The van der Waals surface area contributed by atoms with E-state index in [9.17, 15) is 21.6 Å². The number of nitrogens with zero attached hydrogens (tertiary/aromatic N) is 1. The number of fused-ring (bicyclic) bond motifs is 1. The first kappa shape index (κ1) is 23.6. The Balaban J connectivity index is 1.41. The predicted molar refractivity (Wildman–Crippen MR) is 119 cm³/mol. The Morgan fingerprint density at radius 3 is 2.50 bits per heavy atom. The molecule has 1 aromatic heterocycles. The summed E-state index contributed by atoms with van der Waals surface area (Å²) in [4.78, 5) is 4.22. The number of alkyl halides is 3. The van der Waals surface area contributed by atoms with Crippen molar-refractivity contribution in [1.29, 1.82) is 0 Å². The van der Waals surface area contributed by atoms with Crippen molar-refractivity contribution in [3.63, 3.8) is 0 Å². The zero-order valence-electron chi connectivity index (χ0n) is 17.0. The summed E-state index contributed by atoms with van der Waals surface area (Å²) in [5, 5.41) is 4.46. The number of benzene rings is 2. The third-order valence-corrected chi connectivity index (χ3v) is 6.08. The van der Waals surface area contributed by atoms with Gasteiger partial charge in [0.1, 0.15) is 0 Å². The molecular formula is C23H22F3N3O2S. The van der Waals surface area contributed by atoms with Gasteiger partial charge in [-0.15, -0.1) is 0 Å². The second-order valence-electron chi connectivity index (χ2n) is 6.86. The molecule has 168 valence electrons. The molecule has 0 saturated carbocycles. The molecule has 5 nitrogen and oxygen atoms in total. The molecule has 1 heterocycles. The van der Waals surface area contributed by atoms with E-state index in [0.717, 1.165) is 17.5 Å². The van der Waals surface area contributed by atoms with E-state index in [0.29, 0.717) is 24.0 Å². The summed E-state index contributed by atoms with van der Waals surface area (Å²) in [6.07, 6.45) is 5.85. The van der Waals surface area contributed by atoms with Gasteiger partial charge in [-0.2, -0.15) is 13.2 Å². The molecule has 0 spiro atoms. The van der Waals surface area contributed by atoms with Crippen molar-refractivity contribution in [3.8, 4) is 0 Å². The van der Waals surface area contributed by atoms with Gasteiger partial charge < -0.3 is 5.32 Å². The molecule has 2 N–H and O–H groups in total. The number of halogens is 3. The molecule has 0 unspecified atom stereocenters. The van der Waals surface area contributed by atoms with Crippen LogP contribution in [0.5, 0.6) is 0 Å². The molecule has 0 atom stereocenters. The minimum Gasteiger partial charge on any atom is -0.312 e. The normalized spacial score (nSPS) is 12.8. The van der Waals surface area contributed by atoms with E-state index in [1.54, 1.807) is 54.9 Å². The first-order valence-electron chi connectivity index (χ1n) is 9.81.